The lowest BCUT2D eigenvalue weighted by molar-refractivity contribution is 0.0881. The quantitative estimate of drug-likeness (QED) is 0.183. The van der Waals surface area contributed by atoms with E-state index in [0.717, 1.165) is 52.4 Å². The van der Waals surface area contributed by atoms with Crippen LogP contribution in [0.5, 0.6) is 11.5 Å². The molecule has 0 aliphatic heterocycles. The van der Waals surface area contributed by atoms with Crippen LogP contribution in [0.1, 0.15) is 11.3 Å². The van der Waals surface area contributed by atoms with E-state index in [0.29, 0.717) is 19.0 Å². The molecule has 0 fully saturated rings. The highest BCUT2D eigenvalue weighted by Crippen LogP contribution is 2.25. The fourth-order valence-corrected chi connectivity index (χ4v) is 4.48. The number of aromatic nitrogens is 3. The van der Waals surface area contributed by atoms with Gasteiger partial charge in [-0.3, -0.25) is 4.98 Å². The van der Waals surface area contributed by atoms with Crippen molar-refractivity contribution in [2.45, 2.75) is 45.6 Å². The maximum absolute atomic E-state index is 9.60. The summed E-state index contributed by atoms with van der Waals surface area (Å²) < 4.78 is 19.0. The number of methoxy groups -OCH3 is 1. The van der Waals surface area contributed by atoms with E-state index in [2.05, 4.69) is 29.6 Å². The number of ether oxygens (including phenoxy) is 3. The van der Waals surface area contributed by atoms with E-state index in [-0.39, 0.29) is 6.61 Å². The summed E-state index contributed by atoms with van der Waals surface area (Å²) in [6, 6.07) is 20.8. The fraction of sp³-hybridized carbons (Fsp3) is 0.310. The van der Waals surface area contributed by atoms with Crippen molar-refractivity contribution in [2.24, 2.45) is 0 Å². The first-order chi connectivity index (χ1) is 17.8. The van der Waals surface area contributed by atoms with Crippen LogP contribution in [0.3, 0.4) is 0 Å². The van der Waals surface area contributed by atoms with E-state index < -0.39 is 8.07 Å². The Hall–Kier alpha value is -3.46. The molecule has 1 N–H and O–H groups in total. The lowest BCUT2D eigenvalue weighted by atomic mass is 10.1. The van der Waals surface area contributed by atoms with E-state index in [1.54, 1.807) is 7.11 Å². The lowest BCUT2D eigenvalue weighted by Gasteiger charge is -2.16. The second-order valence-electron chi connectivity index (χ2n) is 10.1. The summed E-state index contributed by atoms with van der Waals surface area (Å²) in [5, 5.41) is 9.60. The second kappa shape index (κ2) is 12.2. The predicted octanol–water partition coefficient (Wildman–Crippen LogP) is 6.00. The first-order valence-corrected chi connectivity index (χ1v) is 16.1. The number of aliphatic hydroxyl groups is 1. The van der Waals surface area contributed by atoms with Crippen molar-refractivity contribution in [1.82, 2.24) is 14.5 Å². The van der Waals surface area contributed by atoms with Gasteiger partial charge in [-0.1, -0.05) is 31.8 Å². The van der Waals surface area contributed by atoms with Gasteiger partial charge in [0.15, 0.2) is 0 Å². The number of imidazole rings is 1. The minimum absolute atomic E-state index is 0.118. The number of aliphatic hydroxyl groups excluding tert-OH is 1. The second-order valence-corrected chi connectivity index (χ2v) is 15.7. The molecule has 0 spiro atoms. The van der Waals surface area contributed by atoms with Crippen LogP contribution >= 0.6 is 0 Å². The molecule has 37 heavy (non-hydrogen) atoms. The fourth-order valence-electron chi connectivity index (χ4n) is 3.72. The van der Waals surface area contributed by atoms with Gasteiger partial charge in [-0.2, -0.15) is 0 Å². The van der Waals surface area contributed by atoms with Crippen LogP contribution in [0.15, 0.2) is 73.1 Å². The Kier molecular flexibility index (Phi) is 8.76. The van der Waals surface area contributed by atoms with E-state index in [1.165, 1.54) is 0 Å². The van der Waals surface area contributed by atoms with E-state index in [4.69, 9.17) is 14.2 Å². The third-order valence-electron chi connectivity index (χ3n) is 5.95. The SMILES string of the molecule is COc1ccc(COc2ccc(-c3ccc(-c4nc(CO)cn4COCC[Si](C)(C)C)cn3)cc2)cc1. The molecule has 0 amide bonds. The largest absolute Gasteiger partial charge is 0.497 e. The number of hydrogen-bond acceptors (Lipinski definition) is 6. The van der Waals surface area contributed by atoms with Gasteiger partial charge in [0.25, 0.3) is 0 Å². The molecule has 0 saturated heterocycles. The molecule has 0 unspecified atom stereocenters. The monoisotopic (exact) mass is 517 g/mol. The van der Waals surface area contributed by atoms with Crippen molar-refractivity contribution in [3.63, 3.8) is 0 Å². The highest BCUT2D eigenvalue weighted by atomic mass is 28.3. The molecule has 0 bridgehead atoms. The van der Waals surface area contributed by atoms with Gasteiger partial charge >= 0.3 is 0 Å². The molecular formula is C29H35N3O4Si. The Morgan fingerprint density at radius 3 is 2.22 bits per heavy atom. The summed E-state index contributed by atoms with van der Waals surface area (Å²) in [4.78, 5) is 9.24. The van der Waals surface area contributed by atoms with Crippen LogP contribution in [0.2, 0.25) is 25.7 Å². The van der Waals surface area contributed by atoms with Crippen molar-refractivity contribution in [3.8, 4) is 34.1 Å². The van der Waals surface area contributed by atoms with Gasteiger partial charge in [-0.25, -0.2) is 4.98 Å². The van der Waals surface area contributed by atoms with Gasteiger partial charge in [0, 0.05) is 38.2 Å². The molecule has 4 aromatic rings. The van der Waals surface area contributed by atoms with Gasteiger partial charge < -0.3 is 23.9 Å². The Bertz CT molecular complexity index is 1260. The van der Waals surface area contributed by atoms with E-state index in [9.17, 15) is 5.11 Å². The smallest absolute Gasteiger partial charge is 0.143 e. The number of hydrogen-bond donors (Lipinski definition) is 1. The molecule has 0 aliphatic rings. The van der Waals surface area contributed by atoms with Crippen LogP contribution in [-0.4, -0.2) is 41.4 Å². The molecule has 0 radical (unpaired) electrons. The van der Waals surface area contributed by atoms with Crippen LogP contribution < -0.4 is 9.47 Å². The van der Waals surface area contributed by atoms with Crippen molar-refractivity contribution >= 4 is 8.07 Å². The average molecular weight is 518 g/mol. The average Bonchev–Trinajstić information content (AvgIpc) is 3.33. The molecule has 7 nitrogen and oxygen atoms in total. The van der Waals surface area contributed by atoms with Crippen LogP contribution in [-0.2, 0) is 24.7 Å². The highest BCUT2D eigenvalue weighted by Gasteiger charge is 2.14. The van der Waals surface area contributed by atoms with Crippen LogP contribution in [0.4, 0.5) is 0 Å². The summed E-state index contributed by atoms with van der Waals surface area (Å²) in [5.41, 5.74) is 4.41. The zero-order valence-electron chi connectivity index (χ0n) is 22.0. The molecule has 0 aliphatic carbocycles. The topological polar surface area (TPSA) is 78.6 Å². The molecule has 2 aromatic carbocycles. The van der Waals surface area contributed by atoms with Crippen molar-refractivity contribution in [1.29, 1.82) is 0 Å². The normalized spacial score (nSPS) is 11.5. The maximum atomic E-state index is 9.60. The van der Waals surface area contributed by atoms with Crippen LogP contribution in [0.25, 0.3) is 22.6 Å². The summed E-state index contributed by atoms with van der Waals surface area (Å²) >= 11 is 0. The number of pyridine rings is 1. The van der Waals surface area contributed by atoms with Crippen molar-refractivity contribution in [3.05, 3.63) is 84.3 Å². The number of nitrogens with zero attached hydrogens (tertiary/aromatic N) is 3. The first-order valence-electron chi connectivity index (χ1n) is 12.4. The Morgan fingerprint density at radius 1 is 0.892 bits per heavy atom. The molecule has 2 heterocycles. The summed E-state index contributed by atoms with van der Waals surface area (Å²) in [6.07, 6.45) is 3.65. The van der Waals surface area contributed by atoms with Crippen LogP contribution in [0, 0.1) is 0 Å². The summed E-state index contributed by atoms with van der Waals surface area (Å²) in [6.45, 7) is 8.48. The standard InChI is InChI=1S/C29H35N3O4Si/c1-34-26-10-5-22(6-11-26)20-36-27-12-7-23(8-13-27)28-14-9-24(17-30-28)29-31-25(19-33)18-32(29)21-35-15-16-37(2,3)4/h5-14,17-18,33H,15-16,19-21H2,1-4H3. The zero-order valence-corrected chi connectivity index (χ0v) is 23.0. The van der Waals surface area contributed by atoms with Gasteiger partial charge in [0.2, 0.25) is 0 Å². The third kappa shape index (κ3) is 7.52. The van der Waals surface area contributed by atoms with Crippen molar-refractivity contribution in [2.75, 3.05) is 13.7 Å². The summed E-state index contributed by atoms with van der Waals surface area (Å²) in [7, 11) is 0.504. The minimum atomic E-state index is -1.15. The first kappa shape index (κ1) is 26.6. The molecule has 8 heteroatoms. The minimum Gasteiger partial charge on any atom is -0.497 e. The van der Waals surface area contributed by atoms with Crippen molar-refractivity contribution < 1.29 is 19.3 Å². The Labute approximate surface area is 219 Å². The number of rotatable bonds is 12. The van der Waals surface area contributed by atoms with Gasteiger partial charge in [-0.05, 0) is 60.1 Å². The Morgan fingerprint density at radius 2 is 1.59 bits per heavy atom. The van der Waals surface area contributed by atoms with Gasteiger partial charge in [0.05, 0.1) is 25.1 Å². The number of benzene rings is 2. The van der Waals surface area contributed by atoms with Gasteiger partial charge in [-0.15, -0.1) is 0 Å². The van der Waals surface area contributed by atoms with E-state index in [1.807, 2.05) is 77.6 Å². The third-order valence-corrected chi connectivity index (χ3v) is 7.66. The molecule has 4 rings (SSSR count). The summed E-state index contributed by atoms with van der Waals surface area (Å²) in [5.74, 6) is 2.36. The lowest BCUT2D eigenvalue weighted by Crippen LogP contribution is -2.22. The molecule has 2 aromatic heterocycles. The highest BCUT2D eigenvalue weighted by molar-refractivity contribution is 6.76. The molecular weight excluding hydrogens is 482 g/mol. The maximum Gasteiger partial charge on any atom is 0.143 e. The Balaban J connectivity index is 1.39. The molecule has 0 atom stereocenters. The zero-order chi connectivity index (χ0) is 26.3. The van der Waals surface area contributed by atoms with E-state index >= 15 is 0 Å². The predicted molar refractivity (Wildman–Crippen MR) is 148 cm³/mol. The molecule has 194 valence electrons. The molecule has 0 saturated carbocycles. The van der Waals surface area contributed by atoms with Gasteiger partial charge in [0.1, 0.15) is 30.7 Å².